The van der Waals surface area contributed by atoms with Crippen molar-refractivity contribution in [2.24, 2.45) is 5.41 Å². The van der Waals surface area contributed by atoms with Gasteiger partial charge in [0.15, 0.2) is 0 Å². The third-order valence-corrected chi connectivity index (χ3v) is 6.48. The number of carbonyl (C=O) groups excluding carboxylic acids is 2. The first-order valence-corrected chi connectivity index (χ1v) is 12.4. The third kappa shape index (κ3) is 6.99. The lowest BCUT2D eigenvalue weighted by molar-refractivity contribution is -0.142. The highest BCUT2D eigenvalue weighted by atomic mass is 35.5. The highest BCUT2D eigenvalue weighted by Crippen LogP contribution is 2.41. The Kier molecular flexibility index (Phi) is 9.16. The number of hydrogen-bond acceptors (Lipinski definition) is 6. The second-order valence-corrected chi connectivity index (χ2v) is 10.6. The molecule has 1 aliphatic rings. The molecule has 0 radical (unpaired) electrons. The SMILES string of the molecule is COC(=O)C1=C(C)NC(C)=C(C(=O)OCC(C)(C)CN(C)Cc2ccccc2)C1c1cc(Cl)ccc1F. The maximum Gasteiger partial charge on any atom is 0.336 e. The summed E-state index contributed by atoms with van der Waals surface area (Å²) in [6.07, 6.45) is 0. The van der Waals surface area contributed by atoms with Crippen molar-refractivity contribution in [3.8, 4) is 0 Å². The Morgan fingerprint density at radius 2 is 1.68 bits per heavy atom. The predicted octanol–water partition coefficient (Wildman–Crippen LogP) is 5.59. The number of dihydropyridines is 1. The number of esters is 2. The summed E-state index contributed by atoms with van der Waals surface area (Å²) in [5, 5.41) is 3.34. The van der Waals surface area contributed by atoms with Crippen molar-refractivity contribution >= 4 is 23.5 Å². The van der Waals surface area contributed by atoms with E-state index in [0.717, 1.165) is 6.54 Å². The van der Waals surface area contributed by atoms with E-state index in [9.17, 15) is 9.59 Å². The number of nitrogens with one attached hydrogen (secondary N) is 1. The van der Waals surface area contributed by atoms with Crippen LogP contribution in [-0.2, 0) is 25.6 Å². The quantitative estimate of drug-likeness (QED) is 0.428. The summed E-state index contributed by atoms with van der Waals surface area (Å²) in [6, 6.07) is 14.2. The van der Waals surface area contributed by atoms with Gasteiger partial charge in [-0.1, -0.05) is 55.8 Å². The normalized spacial score (nSPS) is 16.1. The summed E-state index contributed by atoms with van der Waals surface area (Å²) in [7, 11) is 3.26. The molecular weight excluding hydrogens is 495 g/mol. The first kappa shape index (κ1) is 28.4. The number of halogens is 2. The van der Waals surface area contributed by atoms with E-state index < -0.39 is 23.7 Å². The number of methoxy groups -OCH3 is 1. The first-order chi connectivity index (χ1) is 17.4. The molecule has 0 aromatic heterocycles. The topological polar surface area (TPSA) is 67.9 Å². The summed E-state index contributed by atoms with van der Waals surface area (Å²) >= 11 is 6.17. The Labute approximate surface area is 223 Å². The monoisotopic (exact) mass is 528 g/mol. The summed E-state index contributed by atoms with van der Waals surface area (Å²) < 4.78 is 25.8. The molecule has 1 heterocycles. The van der Waals surface area contributed by atoms with Gasteiger partial charge in [-0.25, -0.2) is 14.0 Å². The Morgan fingerprint density at radius 3 is 2.30 bits per heavy atom. The summed E-state index contributed by atoms with van der Waals surface area (Å²) in [6.45, 7) is 8.96. The molecule has 2 aromatic carbocycles. The van der Waals surface area contributed by atoms with Crippen LogP contribution in [-0.4, -0.2) is 44.1 Å². The van der Waals surface area contributed by atoms with Gasteiger partial charge in [0.25, 0.3) is 0 Å². The molecular formula is C29H34ClFN2O4. The van der Waals surface area contributed by atoms with E-state index in [1.165, 1.54) is 30.9 Å². The Bertz CT molecular complexity index is 1220. The number of carbonyl (C=O) groups is 2. The van der Waals surface area contributed by atoms with Gasteiger partial charge < -0.3 is 19.7 Å². The molecule has 0 amide bonds. The molecule has 0 saturated carbocycles. The van der Waals surface area contributed by atoms with E-state index in [-0.39, 0.29) is 33.8 Å². The number of benzene rings is 2. The first-order valence-electron chi connectivity index (χ1n) is 12.0. The average Bonchev–Trinajstić information content (AvgIpc) is 2.83. The minimum absolute atomic E-state index is 0.0990. The minimum atomic E-state index is -1.04. The van der Waals surface area contributed by atoms with Crippen molar-refractivity contribution in [1.29, 1.82) is 0 Å². The van der Waals surface area contributed by atoms with Crippen LogP contribution in [0.15, 0.2) is 71.1 Å². The van der Waals surface area contributed by atoms with Crippen LogP contribution in [0.4, 0.5) is 4.39 Å². The molecule has 0 fully saturated rings. The van der Waals surface area contributed by atoms with Crippen LogP contribution in [0.2, 0.25) is 5.02 Å². The number of hydrogen-bond donors (Lipinski definition) is 1. The van der Waals surface area contributed by atoms with Crippen LogP contribution in [0.1, 0.15) is 44.7 Å². The van der Waals surface area contributed by atoms with Crippen LogP contribution in [0.25, 0.3) is 0 Å². The summed E-state index contributed by atoms with van der Waals surface area (Å²) in [4.78, 5) is 28.4. The molecule has 2 aromatic rings. The fourth-order valence-electron chi connectivity index (χ4n) is 4.76. The zero-order chi connectivity index (χ0) is 27.3. The van der Waals surface area contributed by atoms with Crippen LogP contribution < -0.4 is 5.32 Å². The van der Waals surface area contributed by atoms with Crippen LogP contribution in [0, 0.1) is 11.2 Å². The van der Waals surface area contributed by atoms with Crippen molar-refractivity contribution in [3.05, 3.63) is 93.0 Å². The van der Waals surface area contributed by atoms with Gasteiger partial charge >= 0.3 is 11.9 Å². The minimum Gasteiger partial charge on any atom is -0.466 e. The van der Waals surface area contributed by atoms with Gasteiger partial charge in [0.05, 0.1) is 30.8 Å². The van der Waals surface area contributed by atoms with Gasteiger partial charge in [0.1, 0.15) is 5.82 Å². The molecule has 3 rings (SSSR count). The molecule has 0 aliphatic carbocycles. The number of nitrogens with zero attached hydrogens (tertiary/aromatic N) is 1. The van der Waals surface area contributed by atoms with E-state index in [2.05, 4.69) is 22.3 Å². The lowest BCUT2D eigenvalue weighted by atomic mass is 9.80. The van der Waals surface area contributed by atoms with E-state index in [1.807, 2.05) is 39.1 Å². The smallest absolute Gasteiger partial charge is 0.336 e. The Hall–Kier alpha value is -3.16. The van der Waals surface area contributed by atoms with Gasteiger partial charge in [-0.2, -0.15) is 0 Å². The Balaban J connectivity index is 1.84. The zero-order valence-electron chi connectivity index (χ0n) is 22.2. The zero-order valence-corrected chi connectivity index (χ0v) is 22.9. The highest BCUT2D eigenvalue weighted by molar-refractivity contribution is 6.30. The maximum absolute atomic E-state index is 15.0. The largest absolute Gasteiger partial charge is 0.466 e. The Morgan fingerprint density at radius 1 is 1.05 bits per heavy atom. The third-order valence-electron chi connectivity index (χ3n) is 6.24. The van der Waals surface area contributed by atoms with Crippen LogP contribution >= 0.6 is 11.6 Å². The van der Waals surface area contributed by atoms with Gasteiger partial charge in [-0.05, 0) is 44.7 Å². The van der Waals surface area contributed by atoms with Crippen LogP contribution in [0.3, 0.4) is 0 Å². The van der Waals surface area contributed by atoms with Crippen molar-refractivity contribution < 1.29 is 23.5 Å². The predicted molar refractivity (Wildman–Crippen MR) is 142 cm³/mol. The van der Waals surface area contributed by atoms with Gasteiger partial charge in [0.2, 0.25) is 0 Å². The molecule has 8 heteroatoms. The molecule has 0 spiro atoms. The van der Waals surface area contributed by atoms with Crippen molar-refractivity contribution in [2.75, 3.05) is 27.3 Å². The molecule has 0 saturated heterocycles. The van der Waals surface area contributed by atoms with Gasteiger partial charge in [-0.15, -0.1) is 0 Å². The molecule has 1 N–H and O–H groups in total. The van der Waals surface area contributed by atoms with Gasteiger partial charge in [-0.3, -0.25) is 0 Å². The molecule has 6 nitrogen and oxygen atoms in total. The summed E-state index contributed by atoms with van der Waals surface area (Å²) in [5.41, 5.74) is 2.12. The molecule has 198 valence electrons. The standard InChI is InChI=1S/C29H34ClFN2O4/c1-18-24(27(34)36-6)26(22-14-21(30)12-13-23(22)31)25(19(2)32-18)28(35)37-17-29(3,4)16-33(5)15-20-10-8-7-9-11-20/h7-14,26,32H,15-17H2,1-6H3. The van der Waals surface area contributed by atoms with E-state index in [0.29, 0.717) is 17.9 Å². The second-order valence-electron chi connectivity index (χ2n) is 10.2. The fourth-order valence-corrected chi connectivity index (χ4v) is 4.94. The number of allylic oxidation sites excluding steroid dienone is 2. The van der Waals surface area contributed by atoms with Gasteiger partial charge in [0, 0.05) is 40.5 Å². The van der Waals surface area contributed by atoms with E-state index >= 15 is 4.39 Å². The molecule has 0 bridgehead atoms. The lowest BCUT2D eigenvalue weighted by Crippen LogP contribution is -2.37. The highest BCUT2D eigenvalue weighted by Gasteiger charge is 2.39. The van der Waals surface area contributed by atoms with Crippen molar-refractivity contribution in [3.63, 3.8) is 0 Å². The van der Waals surface area contributed by atoms with E-state index in [4.69, 9.17) is 21.1 Å². The molecule has 1 atom stereocenters. The summed E-state index contributed by atoms with van der Waals surface area (Å²) in [5.74, 6) is -2.94. The fraction of sp³-hybridized carbons (Fsp3) is 0.379. The van der Waals surface area contributed by atoms with Crippen molar-refractivity contribution in [2.45, 2.75) is 40.2 Å². The second kappa shape index (κ2) is 11.9. The molecule has 1 unspecified atom stereocenters. The average molecular weight is 529 g/mol. The van der Waals surface area contributed by atoms with E-state index in [1.54, 1.807) is 13.8 Å². The lowest BCUT2D eigenvalue weighted by Gasteiger charge is -2.32. The number of ether oxygens (including phenoxy) is 2. The number of rotatable bonds is 9. The van der Waals surface area contributed by atoms with Crippen molar-refractivity contribution in [1.82, 2.24) is 10.2 Å². The molecule has 37 heavy (non-hydrogen) atoms. The molecule has 1 aliphatic heterocycles. The maximum atomic E-state index is 15.0. The van der Waals surface area contributed by atoms with Crippen LogP contribution in [0.5, 0.6) is 0 Å².